The summed E-state index contributed by atoms with van der Waals surface area (Å²) in [5.74, 6) is -1.72. The summed E-state index contributed by atoms with van der Waals surface area (Å²) in [6, 6.07) is 5.51. The lowest BCUT2D eigenvalue weighted by atomic mass is 10.0. The number of carboxylic acid groups (broad SMARTS) is 1. The van der Waals surface area contributed by atoms with Crippen LogP contribution in [0.5, 0.6) is 11.5 Å². The van der Waals surface area contributed by atoms with Gasteiger partial charge in [0.15, 0.2) is 0 Å². The second kappa shape index (κ2) is 8.12. The third kappa shape index (κ3) is 5.40. The molecule has 152 valence electrons. The molecule has 0 bridgehead atoms. The molecule has 2 aromatic rings. The summed E-state index contributed by atoms with van der Waals surface area (Å²) in [7, 11) is 0. The Morgan fingerprint density at radius 3 is 2.18 bits per heavy atom. The van der Waals surface area contributed by atoms with Crippen molar-refractivity contribution in [2.24, 2.45) is 0 Å². The van der Waals surface area contributed by atoms with Crippen LogP contribution in [0, 0.1) is 0 Å². The molecule has 28 heavy (non-hydrogen) atoms. The van der Waals surface area contributed by atoms with E-state index in [0.717, 1.165) is 0 Å². The van der Waals surface area contributed by atoms with Crippen LogP contribution in [0.15, 0.2) is 36.4 Å². The Balaban J connectivity index is 2.38. The lowest BCUT2D eigenvalue weighted by Gasteiger charge is -2.17. The van der Waals surface area contributed by atoms with Crippen molar-refractivity contribution in [2.75, 3.05) is 0 Å². The molecule has 0 radical (unpaired) electrons. The van der Waals surface area contributed by atoms with E-state index in [4.69, 9.17) is 9.84 Å². The quantitative estimate of drug-likeness (QED) is 0.590. The number of carbonyl (C=O) groups is 1. The third-order valence-corrected chi connectivity index (χ3v) is 4.01. The smallest absolute Gasteiger partial charge is 0.420 e. The Bertz CT molecular complexity index is 856. The first-order chi connectivity index (χ1) is 12.9. The van der Waals surface area contributed by atoms with Crippen molar-refractivity contribution in [1.29, 1.82) is 0 Å². The van der Waals surface area contributed by atoms with Gasteiger partial charge in [0, 0.05) is 6.42 Å². The SMILES string of the molecule is CCc1cc(Oc2ccc(C(F)(F)F)cc2C(F)(F)F)ccc1CCC(=O)O. The molecular formula is C19H16F6O3. The van der Waals surface area contributed by atoms with Gasteiger partial charge in [-0.05, 0) is 54.3 Å². The third-order valence-electron chi connectivity index (χ3n) is 4.01. The van der Waals surface area contributed by atoms with Gasteiger partial charge in [0.25, 0.3) is 0 Å². The number of aliphatic carboxylic acids is 1. The molecule has 0 heterocycles. The van der Waals surface area contributed by atoms with Gasteiger partial charge in [-0.3, -0.25) is 4.79 Å². The Morgan fingerprint density at radius 1 is 0.964 bits per heavy atom. The fourth-order valence-electron chi connectivity index (χ4n) is 2.62. The van der Waals surface area contributed by atoms with Crippen LogP contribution in [0.1, 0.15) is 35.6 Å². The summed E-state index contributed by atoms with van der Waals surface area (Å²) in [4.78, 5) is 10.7. The highest BCUT2D eigenvalue weighted by molar-refractivity contribution is 5.67. The Labute approximate surface area is 156 Å². The normalized spacial score (nSPS) is 12.1. The molecule has 0 saturated carbocycles. The van der Waals surface area contributed by atoms with Gasteiger partial charge in [-0.15, -0.1) is 0 Å². The molecule has 0 amide bonds. The molecule has 2 aromatic carbocycles. The zero-order chi connectivity index (χ0) is 21.1. The standard InChI is InChI=1S/C19H16F6O3/c1-2-11-9-14(6-3-12(11)4-8-17(26)27)28-16-7-5-13(18(20,21)22)10-15(16)19(23,24)25/h3,5-7,9-10H,2,4,8H2,1H3,(H,26,27). The summed E-state index contributed by atoms with van der Waals surface area (Å²) >= 11 is 0. The molecule has 0 aromatic heterocycles. The van der Waals surface area contributed by atoms with Gasteiger partial charge in [-0.1, -0.05) is 13.0 Å². The zero-order valence-corrected chi connectivity index (χ0v) is 14.6. The average Bonchev–Trinajstić information content (AvgIpc) is 2.58. The first-order valence-corrected chi connectivity index (χ1v) is 8.21. The predicted octanol–water partition coefficient (Wildman–Crippen LogP) is 6.10. The molecule has 0 unspecified atom stereocenters. The summed E-state index contributed by atoms with van der Waals surface area (Å²) < 4.78 is 83.0. The van der Waals surface area contributed by atoms with Crippen molar-refractivity contribution < 1.29 is 41.0 Å². The molecular weight excluding hydrogens is 390 g/mol. The Kier molecular flexibility index (Phi) is 6.26. The van der Waals surface area contributed by atoms with E-state index in [1.165, 1.54) is 18.2 Å². The number of halogens is 6. The zero-order valence-electron chi connectivity index (χ0n) is 14.6. The summed E-state index contributed by atoms with van der Waals surface area (Å²) in [5.41, 5.74) is -1.57. The fraction of sp³-hybridized carbons (Fsp3) is 0.316. The first-order valence-electron chi connectivity index (χ1n) is 8.21. The minimum atomic E-state index is -5.04. The predicted molar refractivity (Wildman–Crippen MR) is 88.3 cm³/mol. The number of aryl methyl sites for hydroxylation is 2. The van der Waals surface area contributed by atoms with Crippen LogP contribution < -0.4 is 4.74 Å². The minimum absolute atomic E-state index is 0.0112. The number of carboxylic acids is 1. The topological polar surface area (TPSA) is 46.5 Å². The van der Waals surface area contributed by atoms with Crippen LogP contribution in [-0.2, 0) is 30.0 Å². The monoisotopic (exact) mass is 406 g/mol. The maximum atomic E-state index is 13.2. The largest absolute Gasteiger partial charge is 0.481 e. The van der Waals surface area contributed by atoms with Gasteiger partial charge in [0.1, 0.15) is 11.5 Å². The van der Waals surface area contributed by atoms with Crippen molar-refractivity contribution in [2.45, 2.75) is 38.5 Å². The molecule has 3 nitrogen and oxygen atoms in total. The maximum absolute atomic E-state index is 13.2. The van der Waals surface area contributed by atoms with E-state index >= 15 is 0 Å². The van der Waals surface area contributed by atoms with Crippen LogP contribution in [-0.4, -0.2) is 11.1 Å². The molecule has 9 heteroatoms. The van der Waals surface area contributed by atoms with Crippen molar-refractivity contribution in [3.05, 3.63) is 58.7 Å². The summed E-state index contributed by atoms with van der Waals surface area (Å²) in [6.45, 7) is 1.78. The van der Waals surface area contributed by atoms with Crippen LogP contribution in [0.4, 0.5) is 26.3 Å². The van der Waals surface area contributed by atoms with E-state index in [0.29, 0.717) is 29.7 Å². The number of rotatable bonds is 6. The molecule has 0 aliphatic heterocycles. The molecule has 0 spiro atoms. The van der Waals surface area contributed by atoms with E-state index < -0.39 is 35.2 Å². The van der Waals surface area contributed by atoms with E-state index in [2.05, 4.69) is 0 Å². The van der Waals surface area contributed by atoms with Gasteiger partial charge < -0.3 is 9.84 Å². The molecule has 0 aliphatic carbocycles. The number of alkyl halides is 6. The minimum Gasteiger partial charge on any atom is -0.481 e. The number of hydrogen-bond acceptors (Lipinski definition) is 2. The van der Waals surface area contributed by atoms with Gasteiger partial charge in [-0.2, -0.15) is 26.3 Å². The van der Waals surface area contributed by atoms with E-state index in [1.54, 1.807) is 6.92 Å². The number of hydrogen-bond donors (Lipinski definition) is 1. The van der Waals surface area contributed by atoms with Gasteiger partial charge >= 0.3 is 18.3 Å². The highest BCUT2D eigenvalue weighted by Crippen LogP contribution is 2.42. The van der Waals surface area contributed by atoms with Crippen LogP contribution in [0.3, 0.4) is 0 Å². The molecule has 2 rings (SSSR count). The molecule has 0 fully saturated rings. The maximum Gasteiger partial charge on any atom is 0.420 e. The highest BCUT2D eigenvalue weighted by atomic mass is 19.4. The van der Waals surface area contributed by atoms with E-state index in [9.17, 15) is 31.1 Å². The second-order valence-electron chi connectivity index (χ2n) is 5.99. The van der Waals surface area contributed by atoms with Gasteiger partial charge in [0.2, 0.25) is 0 Å². The van der Waals surface area contributed by atoms with Crippen molar-refractivity contribution in [3.8, 4) is 11.5 Å². The van der Waals surface area contributed by atoms with Crippen LogP contribution in [0.2, 0.25) is 0 Å². The lowest BCUT2D eigenvalue weighted by Crippen LogP contribution is -2.12. The Hall–Kier alpha value is -2.71. The first kappa shape index (κ1) is 21.6. The van der Waals surface area contributed by atoms with E-state index in [-0.39, 0.29) is 24.7 Å². The second-order valence-corrected chi connectivity index (χ2v) is 5.99. The van der Waals surface area contributed by atoms with Crippen LogP contribution >= 0.6 is 0 Å². The average molecular weight is 406 g/mol. The molecule has 0 saturated heterocycles. The molecule has 1 N–H and O–H groups in total. The van der Waals surface area contributed by atoms with Crippen molar-refractivity contribution in [1.82, 2.24) is 0 Å². The fourth-order valence-corrected chi connectivity index (χ4v) is 2.62. The van der Waals surface area contributed by atoms with E-state index in [1.807, 2.05) is 0 Å². The van der Waals surface area contributed by atoms with Crippen molar-refractivity contribution >= 4 is 5.97 Å². The highest BCUT2D eigenvalue weighted by Gasteiger charge is 2.39. The van der Waals surface area contributed by atoms with Gasteiger partial charge in [0.05, 0.1) is 11.1 Å². The summed E-state index contributed by atoms with van der Waals surface area (Å²) in [6.07, 6.45) is -9.34. The number of benzene rings is 2. The van der Waals surface area contributed by atoms with Gasteiger partial charge in [-0.25, -0.2) is 0 Å². The molecule has 0 atom stereocenters. The Morgan fingerprint density at radius 2 is 1.64 bits per heavy atom. The van der Waals surface area contributed by atoms with Crippen LogP contribution in [0.25, 0.3) is 0 Å². The summed E-state index contributed by atoms with van der Waals surface area (Å²) in [5, 5.41) is 8.76. The molecule has 0 aliphatic rings. The number of ether oxygens (including phenoxy) is 1. The lowest BCUT2D eigenvalue weighted by molar-refractivity contribution is -0.143. The van der Waals surface area contributed by atoms with Crippen molar-refractivity contribution in [3.63, 3.8) is 0 Å².